The summed E-state index contributed by atoms with van der Waals surface area (Å²) in [5.74, 6) is 0. The molecule has 2 N–H and O–H groups in total. The summed E-state index contributed by atoms with van der Waals surface area (Å²) in [5, 5.41) is 16.9. The van der Waals surface area contributed by atoms with Gasteiger partial charge >= 0.3 is 0 Å². The molecule has 2 heterocycles. The largest absolute Gasteiger partial charge is 0.389 e. The van der Waals surface area contributed by atoms with Crippen molar-refractivity contribution in [1.82, 2.24) is 15.1 Å². The molecular formula is C10H17N3O2. The Morgan fingerprint density at radius 3 is 3.13 bits per heavy atom. The lowest BCUT2D eigenvalue weighted by atomic mass is 10.2. The van der Waals surface area contributed by atoms with Crippen LogP contribution in [0.15, 0.2) is 12.4 Å². The maximum atomic E-state index is 9.51. The number of ether oxygens (including phenoxy) is 1. The number of nitrogens with one attached hydrogen (secondary N) is 1. The van der Waals surface area contributed by atoms with Crippen LogP contribution in [0.4, 0.5) is 0 Å². The molecule has 1 aliphatic rings. The monoisotopic (exact) mass is 211 g/mol. The zero-order valence-corrected chi connectivity index (χ0v) is 8.89. The standard InChI is InChI=1S/C10H17N3O2/c1-2-13-5-8(4-12-13)3-11-9-6-15-7-10(9)14/h4-5,9-11,14H,2-3,6-7H2,1H3. The molecule has 1 aliphatic heterocycles. The van der Waals surface area contributed by atoms with Crippen LogP contribution in [-0.2, 0) is 17.8 Å². The van der Waals surface area contributed by atoms with Crippen molar-refractivity contribution in [2.24, 2.45) is 0 Å². The average molecular weight is 211 g/mol. The first-order valence-corrected chi connectivity index (χ1v) is 5.30. The predicted octanol–water partition coefficient (Wildman–Crippen LogP) is -0.248. The molecule has 0 amide bonds. The van der Waals surface area contributed by atoms with Gasteiger partial charge in [0.2, 0.25) is 0 Å². The zero-order valence-electron chi connectivity index (χ0n) is 8.89. The van der Waals surface area contributed by atoms with Crippen molar-refractivity contribution in [3.05, 3.63) is 18.0 Å². The van der Waals surface area contributed by atoms with Crippen LogP contribution in [0.25, 0.3) is 0 Å². The van der Waals surface area contributed by atoms with Gasteiger partial charge in [-0.1, -0.05) is 0 Å². The number of rotatable bonds is 4. The Hall–Kier alpha value is -0.910. The van der Waals surface area contributed by atoms with Gasteiger partial charge < -0.3 is 15.2 Å². The molecule has 0 aliphatic carbocycles. The van der Waals surface area contributed by atoms with Gasteiger partial charge in [0.1, 0.15) is 0 Å². The van der Waals surface area contributed by atoms with Crippen molar-refractivity contribution in [1.29, 1.82) is 0 Å². The lowest BCUT2D eigenvalue weighted by Gasteiger charge is -2.13. The smallest absolute Gasteiger partial charge is 0.0948 e. The van der Waals surface area contributed by atoms with E-state index in [4.69, 9.17) is 4.74 Å². The Morgan fingerprint density at radius 1 is 1.67 bits per heavy atom. The average Bonchev–Trinajstić information content (AvgIpc) is 2.84. The molecule has 1 fully saturated rings. The molecule has 5 nitrogen and oxygen atoms in total. The van der Waals surface area contributed by atoms with Gasteiger partial charge in [-0.15, -0.1) is 0 Å². The Bertz CT molecular complexity index is 313. The minimum Gasteiger partial charge on any atom is -0.389 e. The Labute approximate surface area is 89.0 Å². The van der Waals surface area contributed by atoms with Gasteiger partial charge in [0.25, 0.3) is 0 Å². The van der Waals surface area contributed by atoms with E-state index in [0.717, 1.165) is 18.7 Å². The maximum Gasteiger partial charge on any atom is 0.0948 e. The summed E-state index contributed by atoms with van der Waals surface area (Å²) in [6, 6.07) is 0.0509. The van der Waals surface area contributed by atoms with Crippen LogP contribution in [0.1, 0.15) is 12.5 Å². The number of aliphatic hydroxyl groups is 1. The molecule has 2 atom stereocenters. The van der Waals surface area contributed by atoms with E-state index in [1.165, 1.54) is 0 Å². The van der Waals surface area contributed by atoms with Crippen molar-refractivity contribution in [2.45, 2.75) is 32.2 Å². The van der Waals surface area contributed by atoms with Crippen molar-refractivity contribution in [2.75, 3.05) is 13.2 Å². The molecule has 0 aromatic carbocycles. The number of hydrogen-bond acceptors (Lipinski definition) is 4. The number of aliphatic hydroxyl groups excluding tert-OH is 1. The number of nitrogens with zero attached hydrogens (tertiary/aromatic N) is 2. The maximum absolute atomic E-state index is 9.51. The van der Waals surface area contributed by atoms with Gasteiger partial charge in [0.05, 0.1) is 31.6 Å². The highest BCUT2D eigenvalue weighted by Gasteiger charge is 2.25. The summed E-state index contributed by atoms with van der Waals surface area (Å²) in [7, 11) is 0. The molecule has 1 saturated heterocycles. The molecule has 0 bridgehead atoms. The first-order chi connectivity index (χ1) is 7.29. The predicted molar refractivity (Wildman–Crippen MR) is 55.4 cm³/mol. The summed E-state index contributed by atoms with van der Waals surface area (Å²) < 4.78 is 7.04. The zero-order chi connectivity index (χ0) is 10.7. The third kappa shape index (κ3) is 2.56. The van der Waals surface area contributed by atoms with Gasteiger partial charge in [0.15, 0.2) is 0 Å². The van der Waals surface area contributed by atoms with Crippen LogP contribution >= 0.6 is 0 Å². The number of aromatic nitrogens is 2. The minimum atomic E-state index is -0.383. The van der Waals surface area contributed by atoms with E-state index in [1.807, 2.05) is 17.1 Å². The molecule has 0 radical (unpaired) electrons. The summed E-state index contributed by atoms with van der Waals surface area (Å²) in [4.78, 5) is 0. The summed E-state index contributed by atoms with van der Waals surface area (Å²) in [6.45, 7) is 4.69. The number of aryl methyl sites for hydroxylation is 1. The van der Waals surface area contributed by atoms with E-state index in [1.54, 1.807) is 0 Å². The quantitative estimate of drug-likeness (QED) is 0.721. The van der Waals surface area contributed by atoms with Crippen molar-refractivity contribution >= 4 is 0 Å². The minimum absolute atomic E-state index is 0.0509. The molecule has 5 heteroatoms. The SMILES string of the molecule is CCn1cc(CNC2COCC2O)cn1. The normalized spacial score (nSPS) is 26.0. The van der Waals surface area contributed by atoms with Crippen LogP contribution in [0.5, 0.6) is 0 Å². The fourth-order valence-corrected chi connectivity index (χ4v) is 1.66. The molecule has 2 unspecified atom stereocenters. The Kier molecular flexibility index (Phi) is 3.35. The fourth-order valence-electron chi connectivity index (χ4n) is 1.66. The van der Waals surface area contributed by atoms with E-state index < -0.39 is 0 Å². The van der Waals surface area contributed by atoms with Crippen LogP contribution in [0.3, 0.4) is 0 Å². The van der Waals surface area contributed by atoms with Crippen LogP contribution in [-0.4, -0.2) is 40.2 Å². The third-order valence-electron chi connectivity index (χ3n) is 2.63. The second-order valence-corrected chi connectivity index (χ2v) is 3.80. The fraction of sp³-hybridized carbons (Fsp3) is 0.700. The highest BCUT2D eigenvalue weighted by molar-refractivity contribution is 5.03. The molecule has 1 aromatic heterocycles. The molecule has 0 spiro atoms. The van der Waals surface area contributed by atoms with Gasteiger partial charge in [-0.2, -0.15) is 5.10 Å². The molecular weight excluding hydrogens is 194 g/mol. The van der Waals surface area contributed by atoms with Crippen molar-refractivity contribution in [3.8, 4) is 0 Å². The van der Waals surface area contributed by atoms with Gasteiger partial charge in [-0.25, -0.2) is 0 Å². The molecule has 2 rings (SSSR count). The van der Waals surface area contributed by atoms with Gasteiger partial charge in [0, 0.05) is 24.8 Å². The summed E-state index contributed by atoms with van der Waals surface area (Å²) in [5.41, 5.74) is 1.14. The highest BCUT2D eigenvalue weighted by atomic mass is 16.5. The Morgan fingerprint density at radius 2 is 2.53 bits per heavy atom. The van der Waals surface area contributed by atoms with E-state index in [0.29, 0.717) is 13.2 Å². The van der Waals surface area contributed by atoms with E-state index in [2.05, 4.69) is 17.3 Å². The third-order valence-corrected chi connectivity index (χ3v) is 2.63. The van der Waals surface area contributed by atoms with E-state index >= 15 is 0 Å². The second-order valence-electron chi connectivity index (χ2n) is 3.80. The van der Waals surface area contributed by atoms with Crippen LogP contribution in [0.2, 0.25) is 0 Å². The first-order valence-electron chi connectivity index (χ1n) is 5.30. The lowest BCUT2D eigenvalue weighted by Crippen LogP contribution is -2.38. The van der Waals surface area contributed by atoms with E-state index in [-0.39, 0.29) is 12.1 Å². The van der Waals surface area contributed by atoms with Crippen LogP contribution < -0.4 is 5.32 Å². The van der Waals surface area contributed by atoms with Crippen molar-refractivity contribution < 1.29 is 9.84 Å². The molecule has 84 valence electrons. The molecule has 15 heavy (non-hydrogen) atoms. The highest BCUT2D eigenvalue weighted by Crippen LogP contribution is 2.06. The molecule has 0 saturated carbocycles. The lowest BCUT2D eigenvalue weighted by molar-refractivity contribution is 0.122. The van der Waals surface area contributed by atoms with Gasteiger partial charge in [-0.3, -0.25) is 4.68 Å². The number of hydrogen-bond donors (Lipinski definition) is 2. The molecule has 1 aromatic rings. The summed E-state index contributed by atoms with van der Waals surface area (Å²) >= 11 is 0. The first kappa shape index (κ1) is 10.6. The summed E-state index contributed by atoms with van der Waals surface area (Å²) in [6.07, 6.45) is 3.47. The van der Waals surface area contributed by atoms with E-state index in [9.17, 15) is 5.11 Å². The van der Waals surface area contributed by atoms with Gasteiger partial charge in [-0.05, 0) is 6.92 Å². The van der Waals surface area contributed by atoms with Crippen molar-refractivity contribution in [3.63, 3.8) is 0 Å². The Balaban J connectivity index is 1.82. The second kappa shape index (κ2) is 4.74. The van der Waals surface area contributed by atoms with Crippen LogP contribution in [0, 0.1) is 0 Å². The topological polar surface area (TPSA) is 59.3 Å².